The largest absolute Gasteiger partial charge is 0.481 e. The molecule has 2 fully saturated rings. The summed E-state index contributed by atoms with van der Waals surface area (Å²) >= 11 is 0. The number of aliphatic carboxylic acids is 1. The van der Waals surface area contributed by atoms with E-state index in [0.717, 1.165) is 36.4 Å². The highest BCUT2D eigenvalue weighted by Gasteiger charge is 2.62. The van der Waals surface area contributed by atoms with E-state index in [0.29, 0.717) is 26.3 Å². The molecule has 3 aliphatic rings. The maximum atomic E-state index is 14.9. The highest BCUT2D eigenvalue weighted by atomic mass is 32.2. The van der Waals surface area contributed by atoms with Gasteiger partial charge in [0.25, 0.3) is 0 Å². The number of fused-ring (bicyclic) bond motifs is 3. The molecule has 2 amide bonds. The minimum atomic E-state index is -5.20. The summed E-state index contributed by atoms with van der Waals surface area (Å²) in [6, 6.07) is 5.93. The SMILES string of the molecule is CC(F)(c1ccc2c(c1)CC[C@H]1N(C(=O)N3CCC[C@@H](C(=O)O)C3)CC[C@@]21S(=O)(=O)c1ccc(F)cc1)C(F)(F)F. The fourth-order valence-corrected chi connectivity index (χ4v) is 8.94. The Morgan fingerprint density at radius 2 is 1.71 bits per heavy atom. The number of nitrogens with zero attached hydrogens (tertiary/aromatic N) is 2. The fraction of sp³-hybridized carbons (Fsp3) is 0.500. The summed E-state index contributed by atoms with van der Waals surface area (Å²) in [5.41, 5.74) is -3.92. The van der Waals surface area contributed by atoms with E-state index in [4.69, 9.17) is 0 Å². The van der Waals surface area contributed by atoms with Crippen molar-refractivity contribution >= 4 is 21.8 Å². The van der Waals surface area contributed by atoms with Crippen LogP contribution < -0.4 is 0 Å². The van der Waals surface area contributed by atoms with Crippen LogP contribution >= 0.6 is 0 Å². The predicted octanol–water partition coefficient (Wildman–Crippen LogP) is 5.18. The van der Waals surface area contributed by atoms with Gasteiger partial charge < -0.3 is 14.9 Å². The number of rotatable bonds is 4. The minimum Gasteiger partial charge on any atom is -0.481 e. The maximum Gasteiger partial charge on any atom is 0.426 e. The maximum absolute atomic E-state index is 14.9. The van der Waals surface area contributed by atoms with Gasteiger partial charge in [0.05, 0.1) is 16.9 Å². The molecule has 2 saturated heterocycles. The van der Waals surface area contributed by atoms with Crippen LogP contribution in [-0.2, 0) is 31.5 Å². The standard InChI is InChI=1S/C28H29F5N2O5S/c1-26(30,28(31,32)33)19-5-10-22-17(15-19)4-11-23-27(22,41(39,40)21-8-6-20(29)7-9-21)12-14-35(23)25(38)34-13-2-3-18(16-34)24(36)37/h5-10,15,18,23H,2-4,11-14,16H2,1H3,(H,36,37)/t18-,23-,26?,27-/m1/s1. The van der Waals surface area contributed by atoms with Gasteiger partial charge in [-0.15, -0.1) is 0 Å². The number of hydrogen-bond acceptors (Lipinski definition) is 4. The third-order valence-corrected chi connectivity index (χ3v) is 11.4. The lowest BCUT2D eigenvalue weighted by Gasteiger charge is -2.44. The van der Waals surface area contributed by atoms with E-state index in [1.165, 1.54) is 15.9 Å². The Labute approximate surface area is 233 Å². The summed E-state index contributed by atoms with van der Waals surface area (Å²) in [5, 5.41) is 9.47. The van der Waals surface area contributed by atoms with Crippen molar-refractivity contribution in [2.45, 2.75) is 66.6 Å². The number of urea groups is 1. The van der Waals surface area contributed by atoms with Gasteiger partial charge in [-0.05, 0) is 80.0 Å². The van der Waals surface area contributed by atoms with Crippen LogP contribution in [0.5, 0.6) is 0 Å². The number of piperidine rings is 1. The van der Waals surface area contributed by atoms with Crippen molar-refractivity contribution in [3.05, 3.63) is 65.0 Å². The first kappa shape index (κ1) is 29.3. The molecule has 13 heteroatoms. The van der Waals surface area contributed by atoms with Crippen molar-refractivity contribution in [3.63, 3.8) is 0 Å². The Balaban J connectivity index is 1.61. The molecule has 0 radical (unpaired) electrons. The Hall–Kier alpha value is -3.22. The minimum absolute atomic E-state index is 0.0112. The van der Waals surface area contributed by atoms with Gasteiger partial charge in [0.2, 0.25) is 5.67 Å². The number of carboxylic acid groups (broad SMARTS) is 1. The molecule has 41 heavy (non-hydrogen) atoms. The smallest absolute Gasteiger partial charge is 0.426 e. The van der Waals surface area contributed by atoms with Gasteiger partial charge in [0.15, 0.2) is 9.84 Å². The van der Waals surface area contributed by atoms with Crippen molar-refractivity contribution in [1.82, 2.24) is 9.80 Å². The molecule has 2 aromatic rings. The molecule has 0 spiro atoms. The Morgan fingerprint density at radius 3 is 2.34 bits per heavy atom. The number of aryl methyl sites for hydroxylation is 1. The zero-order chi connectivity index (χ0) is 30.0. The number of likely N-dealkylation sites (tertiary alicyclic amines) is 2. The topological polar surface area (TPSA) is 95.0 Å². The molecular weight excluding hydrogens is 571 g/mol. The Bertz CT molecular complexity index is 1480. The van der Waals surface area contributed by atoms with Crippen LogP contribution in [0.4, 0.5) is 26.7 Å². The third kappa shape index (κ3) is 4.56. The van der Waals surface area contributed by atoms with Gasteiger partial charge in [0, 0.05) is 19.6 Å². The van der Waals surface area contributed by atoms with E-state index >= 15 is 0 Å². The predicted molar refractivity (Wildman–Crippen MR) is 137 cm³/mol. The number of sulfone groups is 1. The van der Waals surface area contributed by atoms with Crippen LogP contribution in [0.1, 0.15) is 49.3 Å². The summed E-state index contributed by atoms with van der Waals surface area (Å²) < 4.78 is 96.1. The van der Waals surface area contributed by atoms with Gasteiger partial charge in [-0.2, -0.15) is 13.2 Å². The summed E-state index contributed by atoms with van der Waals surface area (Å²) in [6.45, 7) is 0.671. The second-order valence-electron chi connectivity index (χ2n) is 11.1. The summed E-state index contributed by atoms with van der Waals surface area (Å²) in [5.74, 6) is -2.45. The van der Waals surface area contributed by atoms with Gasteiger partial charge >= 0.3 is 18.2 Å². The van der Waals surface area contributed by atoms with Crippen molar-refractivity contribution in [1.29, 1.82) is 0 Å². The molecule has 4 atom stereocenters. The van der Waals surface area contributed by atoms with Gasteiger partial charge in [0.1, 0.15) is 10.6 Å². The molecule has 2 heterocycles. The quantitative estimate of drug-likeness (QED) is 0.386. The molecule has 0 saturated carbocycles. The first-order valence-corrected chi connectivity index (χ1v) is 14.8. The van der Waals surface area contributed by atoms with Crippen molar-refractivity contribution in [2.75, 3.05) is 19.6 Å². The number of benzene rings is 2. The number of halogens is 5. The molecule has 1 aliphatic carbocycles. The normalized spacial score (nSPS) is 26.2. The third-order valence-electron chi connectivity index (χ3n) is 8.85. The molecular formula is C28H29F5N2O5S. The molecule has 2 aromatic carbocycles. The van der Waals surface area contributed by atoms with E-state index < -0.39 is 61.8 Å². The number of carboxylic acids is 1. The van der Waals surface area contributed by atoms with Crippen LogP contribution in [0, 0.1) is 11.7 Å². The number of carbonyl (C=O) groups excluding carboxylic acids is 1. The Kier molecular flexibility index (Phi) is 7.11. The molecule has 0 bridgehead atoms. The van der Waals surface area contributed by atoms with Gasteiger partial charge in [-0.3, -0.25) is 4.79 Å². The Morgan fingerprint density at radius 1 is 1.02 bits per heavy atom. The second kappa shape index (κ2) is 9.95. The molecule has 1 N–H and O–H groups in total. The molecule has 0 aromatic heterocycles. The zero-order valence-electron chi connectivity index (χ0n) is 22.1. The van der Waals surface area contributed by atoms with E-state index in [2.05, 4.69) is 0 Å². The zero-order valence-corrected chi connectivity index (χ0v) is 22.9. The lowest BCUT2D eigenvalue weighted by Crippen LogP contribution is -2.56. The lowest BCUT2D eigenvalue weighted by atomic mass is 9.77. The highest BCUT2D eigenvalue weighted by Crippen LogP contribution is 2.54. The van der Waals surface area contributed by atoms with E-state index in [9.17, 15) is 45.1 Å². The van der Waals surface area contributed by atoms with Crippen LogP contribution in [0.25, 0.3) is 0 Å². The van der Waals surface area contributed by atoms with Crippen LogP contribution in [0.3, 0.4) is 0 Å². The van der Waals surface area contributed by atoms with Gasteiger partial charge in [-0.1, -0.05) is 18.2 Å². The van der Waals surface area contributed by atoms with E-state index in [-0.39, 0.29) is 48.4 Å². The van der Waals surface area contributed by atoms with E-state index in [1.54, 1.807) is 0 Å². The molecule has 7 nitrogen and oxygen atoms in total. The summed E-state index contributed by atoms with van der Waals surface area (Å²) in [6.07, 6.45) is -4.27. The number of hydrogen-bond donors (Lipinski definition) is 1. The van der Waals surface area contributed by atoms with Crippen LogP contribution in [0.15, 0.2) is 47.4 Å². The summed E-state index contributed by atoms with van der Waals surface area (Å²) in [4.78, 5) is 27.9. The molecule has 2 aliphatic heterocycles. The average Bonchev–Trinajstić information content (AvgIpc) is 3.33. The van der Waals surface area contributed by atoms with Crippen molar-refractivity contribution in [2.24, 2.45) is 5.92 Å². The van der Waals surface area contributed by atoms with Crippen molar-refractivity contribution in [3.8, 4) is 0 Å². The van der Waals surface area contributed by atoms with Crippen molar-refractivity contribution < 1.29 is 45.1 Å². The monoisotopic (exact) mass is 600 g/mol. The first-order chi connectivity index (χ1) is 19.1. The molecule has 5 rings (SSSR count). The highest BCUT2D eigenvalue weighted by molar-refractivity contribution is 7.92. The fourth-order valence-electron chi connectivity index (χ4n) is 6.57. The van der Waals surface area contributed by atoms with E-state index in [1.807, 2.05) is 0 Å². The summed E-state index contributed by atoms with van der Waals surface area (Å²) in [7, 11) is -4.38. The van der Waals surface area contributed by atoms with Gasteiger partial charge in [-0.25, -0.2) is 22.0 Å². The number of carbonyl (C=O) groups is 2. The second-order valence-corrected chi connectivity index (χ2v) is 13.3. The number of alkyl halides is 4. The lowest BCUT2D eigenvalue weighted by molar-refractivity contribution is -0.228. The molecule has 222 valence electrons. The number of amides is 2. The van der Waals surface area contributed by atoms with Crippen LogP contribution in [0.2, 0.25) is 0 Å². The first-order valence-electron chi connectivity index (χ1n) is 13.3. The van der Waals surface area contributed by atoms with Crippen LogP contribution in [-0.4, -0.2) is 67.2 Å². The molecule has 1 unspecified atom stereocenters. The average molecular weight is 601 g/mol.